The van der Waals surface area contributed by atoms with Crippen molar-refractivity contribution in [3.05, 3.63) is 90.0 Å². The average molecular weight is 853 g/mol. The summed E-state index contributed by atoms with van der Waals surface area (Å²) in [7, 11) is 0. The van der Waals surface area contributed by atoms with E-state index in [-0.39, 0.29) is 47.9 Å². The zero-order chi connectivity index (χ0) is 35.0. The minimum atomic E-state index is -0.337. The van der Waals surface area contributed by atoms with Gasteiger partial charge in [-0.15, -0.1) is 40.5 Å². The number of carbonyl (C=O) groups excluding carboxylic acids is 1. The molecule has 6 rings (SSSR count). The number of nitrogens with zero attached hydrogens (tertiary/aromatic N) is 1. The number of furan rings is 1. The summed E-state index contributed by atoms with van der Waals surface area (Å²) in [5, 5.41) is 16.2. The van der Waals surface area contributed by atoms with Crippen molar-refractivity contribution < 1.29 is 34.4 Å². The maximum atomic E-state index is 12.2. The van der Waals surface area contributed by atoms with E-state index in [1.807, 2.05) is 54.0 Å². The van der Waals surface area contributed by atoms with Crippen molar-refractivity contribution in [2.75, 3.05) is 0 Å². The van der Waals surface area contributed by atoms with Gasteiger partial charge in [-0.1, -0.05) is 91.5 Å². The molecule has 0 unspecified atom stereocenters. The van der Waals surface area contributed by atoms with Crippen LogP contribution in [-0.2, 0) is 30.3 Å². The number of pyridine rings is 1. The summed E-state index contributed by atoms with van der Waals surface area (Å²) in [5.74, 6) is 0.286. The van der Waals surface area contributed by atoms with Gasteiger partial charge in [0.2, 0.25) is 0 Å². The number of thiophene rings is 1. The molecule has 0 saturated heterocycles. The minimum absolute atomic E-state index is 0. The van der Waals surface area contributed by atoms with Crippen LogP contribution in [-0.4, -0.2) is 15.9 Å². The molecule has 0 aliphatic carbocycles. The summed E-state index contributed by atoms with van der Waals surface area (Å²) in [6.07, 6.45) is 8.53. The van der Waals surface area contributed by atoms with Crippen LogP contribution >= 0.6 is 11.3 Å². The Morgan fingerprint density at radius 3 is 2.18 bits per heavy atom. The molecular formula is C43H50IrNO3S-. The van der Waals surface area contributed by atoms with Crippen LogP contribution < -0.4 is 0 Å². The van der Waals surface area contributed by atoms with Crippen LogP contribution in [0.25, 0.3) is 53.2 Å². The second kappa shape index (κ2) is 14.9. The van der Waals surface area contributed by atoms with Crippen LogP contribution in [0.3, 0.4) is 0 Å². The Morgan fingerprint density at radius 2 is 1.55 bits per heavy atom. The Labute approximate surface area is 309 Å². The molecule has 261 valence electrons. The number of fused-ring (bicyclic) bond motifs is 6. The second-order valence-corrected chi connectivity index (χ2v) is 15.7. The van der Waals surface area contributed by atoms with E-state index in [9.17, 15) is 9.90 Å². The number of hydrogen-bond acceptors (Lipinski definition) is 5. The molecule has 0 bridgehead atoms. The number of aromatic nitrogens is 1. The van der Waals surface area contributed by atoms with Crippen molar-refractivity contribution >= 4 is 59.0 Å². The van der Waals surface area contributed by atoms with Gasteiger partial charge in [0.25, 0.3) is 0 Å². The summed E-state index contributed by atoms with van der Waals surface area (Å²) in [5.41, 5.74) is 4.92. The Morgan fingerprint density at radius 1 is 0.898 bits per heavy atom. The van der Waals surface area contributed by atoms with Gasteiger partial charge in [-0.3, -0.25) is 9.78 Å². The standard InChI is InChI=1S/C28H22NOS.C15H28O2.Ir/c1-16-15-30-22-9-10-23-25(24(16)22)20-11-12-29-26(27(20)31-23)18-13-17-7-5-6-8-19(17)21(14-18)28(2,3)4;1-7-14(5,8-2)12(16)11-13(17)15(6,9-3)10-4;/h5-12,14-15H,1-4H3;11,16H,7-10H2,1-6H3;/q-1;;/b;12-11-;. The Balaban J connectivity index is 0.000000260. The number of carbonyl (C=O) groups is 1. The van der Waals surface area contributed by atoms with Crippen LogP contribution in [0.4, 0.5) is 0 Å². The third-order valence-electron chi connectivity index (χ3n) is 10.7. The van der Waals surface area contributed by atoms with Gasteiger partial charge in [0.1, 0.15) is 11.3 Å². The van der Waals surface area contributed by atoms with Crippen LogP contribution in [0.15, 0.2) is 77.2 Å². The first kappa shape index (κ1) is 38.5. The number of rotatable bonds is 8. The molecule has 4 nitrogen and oxygen atoms in total. The molecule has 0 amide bonds. The number of aryl methyl sites for hydroxylation is 1. The van der Waals surface area contributed by atoms with Gasteiger partial charge in [0.15, 0.2) is 5.78 Å². The van der Waals surface area contributed by atoms with Crippen molar-refractivity contribution in [1.29, 1.82) is 0 Å². The first-order valence-corrected chi connectivity index (χ1v) is 18.1. The van der Waals surface area contributed by atoms with Gasteiger partial charge in [-0.25, -0.2) is 0 Å². The molecule has 0 aliphatic rings. The normalized spacial score (nSPS) is 12.7. The number of allylic oxidation sites excluding steroid dienone is 2. The largest absolute Gasteiger partial charge is 0.512 e. The Bertz CT molecular complexity index is 2140. The zero-order valence-corrected chi connectivity index (χ0v) is 33.8. The third-order valence-corrected chi connectivity index (χ3v) is 11.9. The minimum Gasteiger partial charge on any atom is -0.512 e. The maximum absolute atomic E-state index is 12.2. The number of benzene rings is 3. The van der Waals surface area contributed by atoms with E-state index >= 15 is 0 Å². The third kappa shape index (κ3) is 7.29. The summed E-state index contributed by atoms with van der Waals surface area (Å²) in [6.45, 7) is 21.0. The van der Waals surface area contributed by atoms with E-state index in [0.29, 0.717) is 0 Å². The molecule has 1 N–H and O–H groups in total. The molecule has 0 aliphatic heterocycles. The average Bonchev–Trinajstić information content (AvgIpc) is 3.66. The quantitative estimate of drug-likeness (QED) is 0.0941. The summed E-state index contributed by atoms with van der Waals surface area (Å²) < 4.78 is 8.24. The topological polar surface area (TPSA) is 63.3 Å². The predicted octanol–water partition coefficient (Wildman–Crippen LogP) is 13.1. The molecule has 6 heteroatoms. The van der Waals surface area contributed by atoms with Crippen LogP contribution in [0, 0.1) is 23.8 Å². The molecule has 0 fully saturated rings. The van der Waals surface area contributed by atoms with Crippen LogP contribution in [0.1, 0.15) is 99.1 Å². The number of ketones is 1. The summed E-state index contributed by atoms with van der Waals surface area (Å²) >= 11 is 1.80. The fraction of sp³-hybridized carbons (Fsp3) is 0.395. The summed E-state index contributed by atoms with van der Waals surface area (Å²) in [4.78, 5) is 17.0. The molecule has 1 radical (unpaired) electrons. The van der Waals surface area contributed by atoms with Crippen molar-refractivity contribution in [2.45, 2.75) is 100 Å². The van der Waals surface area contributed by atoms with E-state index in [1.54, 1.807) is 11.3 Å². The molecular weight excluding hydrogens is 803 g/mol. The van der Waals surface area contributed by atoms with Crippen molar-refractivity contribution in [2.24, 2.45) is 10.8 Å². The molecule has 0 atom stereocenters. The van der Waals surface area contributed by atoms with E-state index in [1.165, 1.54) is 48.1 Å². The Kier molecular flexibility index (Phi) is 11.7. The first-order chi connectivity index (χ1) is 22.7. The number of aliphatic hydroxyl groups is 1. The van der Waals surface area contributed by atoms with Gasteiger partial charge in [0, 0.05) is 69.1 Å². The van der Waals surface area contributed by atoms with Crippen molar-refractivity contribution in [1.82, 2.24) is 4.98 Å². The molecule has 0 spiro atoms. The first-order valence-electron chi connectivity index (χ1n) is 17.3. The van der Waals surface area contributed by atoms with Gasteiger partial charge < -0.3 is 9.52 Å². The number of aliphatic hydroxyl groups excluding tert-OH is 1. The smallest absolute Gasteiger partial charge is 0.164 e. The monoisotopic (exact) mass is 853 g/mol. The van der Waals surface area contributed by atoms with Crippen LogP contribution in [0.2, 0.25) is 0 Å². The molecule has 6 aromatic rings. The van der Waals surface area contributed by atoms with E-state index in [0.717, 1.165) is 47.9 Å². The van der Waals surface area contributed by atoms with Gasteiger partial charge >= 0.3 is 0 Å². The van der Waals surface area contributed by atoms with Gasteiger partial charge in [-0.05, 0) is 67.2 Å². The fourth-order valence-corrected chi connectivity index (χ4v) is 7.54. The number of hydrogen-bond donors (Lipinski definition) is 1. The van der Waals surface area contributed by atoms with E-state index < -0.39 is 0 Å². The molecule has 49 heavy (non-hydrogen) atoms. The molecule has 3 aromatic heterocycles. The van der Waals surface area contributed by atoms with Crippen molar-refractivity contribution in [3.63, 3.8) is 0 Å². The molecule has 3 aromatic carbocycles. The fourth-order valence-electron chi connectivity index (χ4n) is 6.33. The van der Waals surface area contributed by atoms with E-state index in [4.69, 9.17) is 9.40 Å². The van der Waals surface area contributed by atoms with Gasteiger partial charge in [0.05, 0.1) is 6.26 Å². The van der Waals surface area contributed by atoms with Crippen molar-refractivity contribution in [3.8, 4) is 11.3 Å². The van der Waals surface area contributed by atoms with Crippen LogP contribution in [0.5, 0.6) is 0 Å². The predicted molar refractivity (Wildman–Crippen MR) is 205 cm³/mol. The SMILES string of the molecule is CCC(C)(CC)C(=O)/C=C(\O)C(C)(CC)CC.Cc1coc2ccc3sc4c(-c5[c-]c6ccccc6c(C(C)(C)C)c5)nccc4c3c12.[Ir]. The zero-order valence-electron chi connectivity index (χ0n) is 30.6. The second-order valence-electron chi connectivity index (χ2n) is 14.7. The Hall–Kier alpha value is -3.31. The summed E-state index contributed by atoms with van der Waals surface area (Å²) in [6, 6.07) is 20.9. The maximum Gasteiger partial charge on any atom is 0.164 e. The molecule has 0 saturated carbocycles. The van der Waals surface area contributed by atoms with Gasteiger partial charge in [-0.2, -0.15) is 0 Å². The van der Waals surface area contributed by atoms with E-state index in [2.05, 4.69) is 82.3 Å². The molecule has 3 heterocycles.